The second kappa shape index (κ2) is 4.31. The van der Waals surface area contributed by atoms with Gasteiger partial charge in [-0.25, -0.2) is 4.98 Å². The summed E-state index contributed by atoms with van der Waals surface area (Å²) in [7, 11) is 0. The molecule has 0 bridgehead atoms. The standard InChI is InChI=1S/C15H14N2O2S/c18-11-7-12(19)17-13-9-6-8-4-2-1-3-5-10(8)16-15(9)20-14(11)13/h6-7H,1-5H2,(H2,17,18,19). The highest BCUT2D eigenvalue weighted by atomic mass is 32.1. The van der Waals surface area contributed by atoms with Crippen LogP contribution in [-0.4, -0.2) is 15.1 Å². The maximum absolute atomic E-state index is 11.6. The Morgan fingerprint density at radius 1 is 1.20 bits per heavy atom. The first kappa shape index (κ1) is 11.9. The highest BCUT2D eigenvalue weighted by Gasteiger charge is 2.16. The summed E-state index contributed by atoms with van der Waals surface area (Å²) in [6.07, 6.45) is 5.73. The molecule has 0 aliphatic heterocycles. The molecule has 1 aliphatic rings. The second-order valence-electron chi connectivity index (χ2n) is 5.33. The number of fused-ring (bicyclic) bond motifs is 4. The van der Waals surface area contributed by atoms with Gasteiger partial charge in [0.15, 0.2) is 0 Å². The van der Waals surface area contributed by atoms with Crippen LogP contribution in [0.4, 0.5) is 0 Å². The Labute approximate surface area is 119 Å². The summed E-state index contributed by atoms with van der Waals surface area (Å²) in [5.41, 5.74) is 2.92. The Kier molecular flexibility index (Phi) is 2.57. The van der Waals surface area contributed by atoms with E-state index in [4.69, 9.17) is 4.98 Å². The first-order valence-electron chi connectivity index (χ1n) is 6.90. The zero-order valence-electron chi connectivity index (χ0n) is 10.9. The largest absolute Gasteiger partial charge is 0.506 e. The maximum Gasteiger partial charge on any atom is 0.252 e. The molecule has 2 N–H and O–H groups in total. The summed E-state index contributed by atoms with van der Waals surface area (Å²) in [5.74, 6) is 0.0435. The van der Waals surface area contributed by atoms with Gasteiger partial charge in [0.25, 0.3) is 5.56 Å². The van der Waals surface area contributed by atoms with E-state index in [1.165, 1.54) is 47.9 Å². The van der Waals surface area contributed by atoms with Crippen LogP contribution < -0.4 is 5.56 Å². The zero-order chi connectivity index (χ0) is 13.7. The first-order chi connectivity index (χ1) is 9.72. The van der Waals surface area contributed by atoms with E-state index in [1.54, 1.807) is 0 Å². The SMILES string of the molecule is O=c1cc(O)c2sc3nc4c(cc3c2[nH]1)CCCCC4. The van der Waals surface area contributed by atoms with Crippen molar-refractivity contribution in [1.82, 2.24) is 9.97 Å². The molecule has 0 aromatic carbocycles. The molecule has 0 fully saturated rings. The Morgan fingerprint density at radius 2 is 2.05 bits per heavy atom. The summed E-state index contributed by atoms with van der Waals surface area (Å²) in [6.45, 7) is 0. The molecule has 0 unspecified atom stereocenters. The number of nitrogens with zero attached hydrogens (tertiary/aromatic N) is 1. The number of hydrogen-bond donors (Lipinski definition) is 2. The van der Waals surface area contributed by atoms with E-state index in [1.807, 2.05) is 0 Å². The lowest BCUT2D eigenvalue weighted by Crippen LogP contribution is -2.02. The van der Waals surface area contributed by atoms with Gasteiger partial charge in [0.1, 0.15) is 10.6 Å². The maximum atomic E-state index is 11.6. The molecule has 4 nitrogen and oxygen atoms in total. The Bertz CT molecular complexity index is 879. The van der Waals surface area contributed by atoms with Gasteiger partial charge in [-0.2, -0.15) is 0 Å². The molecule has 0 radical (unpaired) electrons. The molecule has 0 spiro atoms. The van der Waals surface area contributed by atoms with E-state index in [0.29, 0.717) is 4.70 Å². The Hall–Kier alpha value is -1.88. The van der Waals surface area contributed by atoms with E-state index >= 15 is 0 Å². The quantitative estimate of drug-likeness (QED) is 0.624. The number of hydrogen-bond acceptors (Lipinski definition) is 4. The molecular weight excluding hydrogens is 272 g/mol. The predicted octanol–water partition coefficient (Wildman–Crippen LogP) is 3.11. The molecule has 0 atom stereocenters. The molecule has 3 heterocycles. The number of nitrogens with one attached hydrogen (secondary N) is 1. The van der Waals surface area contributed by atoms with Crippen molar-refractivity contribution in [3.8, 4) is 5.75 Å². The van der Waals surface area contributed by atoms with Gasteiger partial charge in [0, 0.05) is 17.1 Å². The normalized spacial score (nSPS) is 15.4. The van der Waals surface area contributed by atoms with E-state index in [0.717, 1.165) is 28.6 Å². The number of aromatic nitrogens is 2. The van der Waals surface area contributed by atoms with Crippen molar-refractivity contribution in [2.45, 2.75) is 32.1 Å². The van der Waals surface area contributed by atoms with Gasteiger partial charge in [-0.05, 0) is 37.3 Å². The van der Waals surface area contributed by atoms with Crippen molar-refractivity contribution in [1.29, 1.82) is 0 Å². The third-order valence-electron chi connectivity index (χ3n) is 3.96. The number of aryl methyl sites for hydroxylation is 2. The number of rotatable bonds is 0. The lowest BCUT2D eigenvalue weighted by Gasteiger charge is -2.04. The molecular formula is C15H14N2O2S. The molecule has 3 aromatic heterocycles. The van der Waals surface area contributed by atoms with Crippen molar-refractivity contribution in [3.63, 3.8) is 0 Å². The van der Waals surface area contributed by atoms with Gasteiger partial charge in [0.2, 0.25) is 0 Å². The molecule has 5 heteroatoms. The van der Waals surface area contributed by atoms with Crippen LogP contribution in [0, 0.1) is 0 Å². The van der Waals surface area contributed by atoms with Gasteiger partial charge in [0.05, 0.1) is 10.2 Å². The summed E-state index contributed by atoms with van der Waals surface area (Å²) in [6, 6.07) is 3.37. The summed E-state index contributed by atoms with van der Waals surface area (Å²) >= 11 is 1.45. The van der Waals surface area contributed by atoms with Crippen molar-refractivity contribution < 1.29 is 5.11 Å². The molecule has 0 saturated carbocycles. The van der Waals surface area contributed by atoms with E-state index in [-0.39, 0.29) is 11.3 Å². The predicted molar refractivity (Wildman–Crippen MR) is 80.7 cm³/mol. The van der Waals surface area contributed by atoms with Crippen molar-refractivity contribution in [2.75, 3.05) is 0 Å². The number of pyridine rings is 2. The van der Waals surface area contributed by atoms with Crippen molar-refractivity contribution in [3.05, 3.63) is 33.7 Å². The fraction of sp³-hybridized carbons (Fsp3) is 0.333. The van der Waals surface area contributed by atoms with Crippen molar-refractivity contribution in [2.24, 2.45) is 0 Å². The third kappa shape index (κ3) is 1.73. The first-order valence-corrected chi connectivity index (χ1v) is 7.71. The molecule has 0 saturated heterocycles. The highest BCUT2D eigenvalue weighted by Crippen LogP contribution is 2.37. The highest BCUT2D eigenvalue weighted by molar-refractivity contribution is 7.25. The second-order valence-corrected chi connectivity index (χ2v) is 6.33. The van der Waals surface area contributed by atoms with Crippen LogP contribution in [-0.2, 0) is 12.8 Å². The summed E-state index contributed by atoms with van der Waals surface area (Å²) < 4.78 is 0.715. The summed E-state index contributed by atoms with van der Waals surface area (Å²) in [5, 5.41) is 10.9. The number of aromatic hydroxyl groups is 1. The molecule has 20 heavy (non-hydrogen) atoms. The Balaban J connectivity index is 2.09. The number of H-pyrrole nitrogens is 1. The van der Waals surface area contributed by atoms with Crippen LogP contribution >= 0.6 is 11.3 Å². The lowest BCUT2D eigenvalue weighted by molar-refractivity contribution is 0.481. The summed E-state index contributed by atoms with van der Waals surface area (Å²) in [4.78, 5) is 20.1. The minimum atomic E-state index is -0.273. The van der Waals surface area contributed by atoms with Crippen LogP contribution in [0.25, 0.3) is 20.4 Å². The minimum Gasteiger partial charge on any atom is -0.506 e. The smallest absolute Gasteiger partial charge is 0.252 e. The van der Waals surface area contributed by atoms with Gasteiger partial charge < -0.3 is 10.1 Å². The fourth-order valence-electron chi connectivity index (χ4n) is 2.97. The van der Waals surface area contributed by atoms with Gasteiger partial charge in [-0.3, -0.25) is 4.79 Å². The molecule has 3 aromatic rings. The van der Waals surface area contributed by atoms with E-state index in [9.17, 15) is 9.90 Å². The van der Waals surface area contributed by atoms with Crippen LogP contribution in [0.5, 0.6) is 5.75 Å². The van der Waals surface area contributed by atoms with Crippen molar-refractivity contribution >= 4 is 31.8 Å². The van der Waals surface area contributed by atoms with E-state index in [2.05, 4.69) is 11.1 Å². The fourth-order valence-corrected chi connectivity index (χ4v) is 4.02. The molecule has 0 amide bonds. The van der Waals surface area contributed by atoms with Gasteiger partial charge in [-0.15, -0.1) is 11.3 Å². The average Bonchev–Trinajstić information content (AvgIpc) is 2.62. The van der Waals surface area contributed by atoms with Gasteiger partial charge in [-0.1, -0.05) is 6.42 Å². The molecule has 1 aliphatic carbocycles. The molecule has 102 valence electrons. The van der Waals surface area contributed by atoms with E-state index < -0.39 is 0 Å². The topological polar surface area (TPSA) is 66.0 Å². The molecule has 4 rings (SSSR count). The van der Waals surface area contributed by atoms with Crippen LogP contribution in [0.2, 0.25) is 0 Å². The number of thiophene rings is 1. The lowest BCUT2D eigenvalue weighted by atomic mass is 10.1. The zero-order valence-corrected chi connectivity index (χ0v) is 11.7. The minimum absolute atomic E-state index is 0.0435. The van der Waals surface area contributed by atoms with Crippen LogP contribution in [0.3, 0.4) is 0 Å². The van der Waals surface area contributed by atoms with Gasteiger partial charge >= 0.3 is 0 Å². The number of aromatic amines is 1. The van der Waals surface area contributed by atoms with Crippen LogP contribution in [0.1, 0.15) is 30.5 Å². The average molecular weight is 286 g/mol. The monoisotopic (exact) mass is 286 g/mol. The Morgan fingerprint density at radius 3 is 2.95 bits per heavy atom. The van der Waals surface area contributed by atoms with Crippen LogP contribution in [0.15, 0.2) is 16.9 Å². The third-order valence-corrected chi connectivity index (χ3v) is 5.08.